The number of H-pyrrole nitrogens is 1. The lowest BCUT2D eigenvalue weighted by atomic mass is 9.97. The summed E-state index contributed by atoms with van der Waals surface area (Å²) in [5, 5.41) is 13.3. The van der Waals surface area contributed by atoms with Gasteiger partial charge in [0.05, 0.1) is 24.5 Å². The van der Waals surface area contributed by atoms with E-state index < -0.39 is 0 Å². The maximum atomic E-state index is 12.2. The van der Waals surface area contributed by atoms with Gasteiger partial charge in [-0.05, 0) is 42.6 Å². The van der Waals surface area contributed by atoms with Crippen LogP contribution in [0, 0.1) is 0 Å². The van der Waals surface area contributed by atoms with Crippen molar-refractivity contribution in [1.82, 2.24) is 20.8 Å². The summed E-state index contributed by atoms with van der Waals surface area (Å²) in [6, 6.07) is 9.79. The van der Waals surface area contributed by atoms with Gasteiger partial charge < -0.3 is 15.4 Å². The molecule has 2 heterocycles. The van der Waals surface area contributed by atoms with Crippen LogP contribution >= 0.6 is 12.4 Å². The first-order chi connectivity index (χ1) is 11.3. The number of rotatable bonds is 6. The first-order valence-electron chi connectivity index (χ1n) is 7.87. The molecule has 130 valence electrons. The normalized spacial score (nSPS) is 16.6. The van der Waals surface area contributed by atoms with Crippen LogP contribution in [0.3, 0.4) is 0 Å². The molecule has 1 aliphatic rings. The molecule has 0 radical (unpaired) electrons. The monoisotopic (exact) mass is 350 g/mol. The zero-order valence-electron chi connectivity index (χ0n) is 13.7. The number of ether oxygens (including phenoxy) is 1. The molecule has 1 unspecified atom stereocenters. The Morgan fingerprint density at radius 2 is 2.17 bits per heavy atom. The summed E-state index contributed by atoms with van der Waals surface area (Å²) in [6.45, 7) is 2.98. The van der Waals surface area contributed by atoms with Gasteiger partial charge >= 0.3 is 0 Å². The standard InChI is InChI=1S/C17H22N4O2.ClH/c1-23-11-16-8-15(20-21-16)10-19-17(22)13-4-2-12(3-5-13)14-6-7-18-9-14;/h2-5,8,14,18H,6-7,9-11H2,1H3,(H,19,22)(H,20,21);1H. The zero-order chi connectivity index (χ0) is 16.1. The van der Waals surface area contributed by atoms with Crippen molar-refractivity contribution in [3.63, 3.8) is 0 Å². The Labute approximate surface area is 147 Å². The Balaban J connectivity index is 0.00000208. The smallest absolute Gasteiger partial charge is 0.251 e. The molecule has 0 spiro atoms. The van der Waals surface area contributed by atoms with E-state index in [-0.39, 0.29) is 18.3 Å². The van der Waals surface area contributed by atoms with Gasteiger partial charge in [0.15, 0.2) is 0 Å². The van der Waals surface area contributed by atoms with Crippen LogP contribution in [-0.4, -0.2) is 36.3 Å². The van der Waals surface area contributed by atoms with Crippen molar-refractivity contribution >= 4 is 18.3 Å². The summed E-state index contributed by atoms with van der Waals surface area (Å²) < 4.78 is 5.02. The van der Waals surface area contributed by atoms with Crippen molar-refractivity contribution in [2.24, 2.45) is 0 Å². The number of hydrogen-bond donors (Lipinski definition) is 3. The van der Waals surface area contributed by atoms with E-state index in [2.05, 4.69) is 33.0 Å². The molecule has 3 N–H and O–H groups in total. The van der Waals surface area contributed by atoms with Gasteiger partial charge in [-0.3, -0.25) is 9.89 Å². The molecule has 2 aromatic rings. The molecule has 0 bridgehead atoms. The highest BCUT2D eigenvalue weighted by molar-refractivity contribution is 5.94. The number of nitrogens with one attached hydrogen (secondary N) is 3. The van der Waals surface area contributed by atoms with Gasteiger partial charge in [0, 0.05) is 19.2 Å². The Morgan fingerprint density at radius 1 is 1.38 bits per heavy atom. The summed E-state index contributed by atoms with van der Waals surface area (Å²) in [5.41, 5.74) is 3.66. The van der Waals surface area contributed by atoms with E-state index in [1.165, 1.54) is 5.56 Å². The van der Waals surface area contributed by atoms with E-state index in [1.807, 2.05) is 18.2 Å². The lowest BCUT2D eigenvalue weighted by molar-refractivity contribution is 0.0950. The van der Waals surface area contributed by atoms with Gasteiger partial charge in [0.25, 0.3) is 5.91 Å². The number of carbonyl (C=O) groups is 1. The van der Waals surface area contributed by atoms with Crippen molar-refractivity contribution in [2.45, 2.75) is 25.5 Å². The Bertz CT molecular complexity index is 651. The maximum Gasteiger partial charge on any atom is 0.251 e. The van der Waals surface area contributed by atoms with Gasteiger partial charge in [-0.1, -0.05) is 12.1 Å². The Kier molecular flexibility index (Phi) is 6.78. The molecule has 1 saturated heterocycles. The molecule has 6 nitrogen and oxygen atoms in total. The topological polar surface area (TPSA) is 79.0 Å². The number of halogens is 1. The van der Waals surface area contributed by atoms with Gasteiger partial charge in [-0.2, -0.15) is 5.10 Å². The molecule has 1 aromatic carbocycles. The van der Waals surface area contributed by atoms with Crippen molar-refractivity contribution < 1.29 is 9.53 Å². The molecule has 7 heteroatoms. The molecule has 1 atom stereocenters. The third-order valence-corrected chi connectivity index (χ3v) is 4.12. The molecule has 24 heavy (non-hydrogen) atoms. The zero-order valence-corrected chi connectivity index (χ0v) is 14.5. The largest absolute Gasteiger partial charge is 0.378 e. The van der Waals surface area contributed by atoms with Crippen LogP contribution in [0.25, 0.3) is 0 Å². The van der Waals surface area contributed by atoms with Crippen LogP contribution in [0.5, 0.6) is 0 Å². The number of benzene rings is 1. The van der Waals surface area contributed by atoms with E-state index in [1.54, 1.807) is 7.11 Å². The van der Waals surface area contributed by atoms with Gasteiger partial charge in [-0.25, -0.2) is 0 Å². The highest BCUT2D eigenvalue weighted by Crippen LogP contribution is 2.22. The molecule has 0 aliphatic carbocycles. The lowest BCUT2D eigenvalue weighted by Crippen LogP contribution is -2.23. The van der Waals surface area contributed by atoms with E-state index in [9.17, 15) is 4.79 Å². The number of hydrogen-bond acceptors (Lipinski definition) is 4. The fourth-order valence-electron chi connectivity index (χ4n) is 2.85. The van der Waals surface area contributed by atoms with Crippen LogP contribution in [0.4, 0.5) is 0 Å². The molecular formula is C17H23ClN4O2. The number of amides is 1. The lowest BCUT2D eigenvalue weighted by Gasteiger charge is -2.09. The van der Waals surface area contributed by atoms with E-state index in [4.69, 9.17) is 4.74 Å². The second-order valence-corrected chi connectivity index (χ2v) is 5.81. The minimum absolute atomic E-state index is 0. The molecule has 3 rings (SSSR count). The quantitative estimate of drug-likeness (QED) is 0.744. The highest BCUT2D eigenvalue weighted by Gasteiger charge is 2.16. The van der Waals surface area contributed by atoms with Crippen LogP contribution in [0.2, 0.25) is 0 Å². The first kappa shape index (κ1) is 18.4. The summed E-state index contributed by atoms with van der Waals surface area (Å²) in [6.07, 6.45) is 1.16. The predicted molar refractivity (Wildman–Crippen MR) is 94.4 cm³/mol. The average molecular weight is 351 g/mol. The molecular weight excluding hydrogens is 328 g/mol. The average Bonchev–Trinajstić information content (AvgIpc) is 3.25. The van der Waals surface area contributed by atoms with E-state index in [0.717, 1.165) is 30.9 Å². The fourth-order valence-corrected chi connectivity index (χ4v) is 2.85. The SMILES string of the molecule is COCc1cc(CNC(=O)c2ccc(C3CCNC3)cc2)[nH]n1.Cl. The summed E-state index contributed by atoms with van der Waals surface area (Å²) in [5.74, 6) is 0.486. The van der Waals surface area contributed by atoms with Gasteiger partial charge in [0.2, 0.25) is 0 Å². The van der Waals surface area contributed by atoms with E-state index >= 15 is 0 Å². The molecule has 1 amide bonds. The van der Waals surface area contributed by atoms with E-state index in [0.29, 0.717) is 24.6 Å². The summed E-state index contributed by atoms with van der Waals surface area (Å²) in [7, 11) is 1.63. The van der Waals surface area contributed by atoms with Gasteiger partial charge in [-0.15, -0.1) is 12.4 Å². The minimum Gasteiger partial charge on any atom is -0.378 e. The highest BCUT2D eigenvalue weighted by atomic mass is 35.5. The third kappa shape index (κ3) is 4.56. The second kappa shape index (κ2) is 8.82. The van der Waals surface area contributed by atoms with Crippen LogP contribution < -0.4 is 10.6 Å². The van der Waals surface area contributed by atoms with Crippen LogP contribution in [-0.2, 0) is 17.9 Å². The number of carbonyl (C=O) groups excluding carboxylic acids is 1. The van der Waals surface area contributed by atoms with Crippen molar-refractivity contribution in [1.29, 1.82) is 0 Å². The van der Waals surface area contributed by atoms with Gasteiger partial charge in [0.1, 0.15) is 0 Å². The maximum absolute atomic E-state index is 12.2. The fraction of sp³-hybridized carbons (Fsp3) is 0.412. The van der Waals surface area contributed by atoms with Crippen molar-refractivity contribution in [3.05, 3.63) is 52.8 Å². The second-order valence-electron chi connectivity index (χ2n) is 5.81. The number of nitrogens with zero attached hydrogens (tertiary/aromatic N) is 1. The van der Waals surface area contributed by atoms with Crippen LogP contribution in [0.1, 0.15) is 39.6 Å². The minimum atomic E-state index is -0.0796. The predicted octanol–water partition coefficient (Wildman–Crippen LogP) is 1.98. The Hall–Kier alpha value is -1.89. The number of aromatic nitrogens is 2. The number of aromatic amines is 1. The van der Waals surface area contributed by atoms with Crippen LogP contribution in [0.15, 0.2) is 30.3 Å². The third-order valence-electron chi connectivity index (χ3n) is 4.12. The van der Waals surface area contributed by atoms with Crippen molar-refractivity contribution in [2.75, 3.05) is 20.2 Å². The molecule has 1 fully saturated rings. The Morgan fingerprint density at radius 3 is 2.83 bits per heavy atom. The summed E-state index contributed by atoms with van der Waals surface area (Å²) in [4.78, 5) is 12.2. The van der Waals surface area contributed by atoms with Crippen molar-refractivity contribution in [3.8, 4) is 0 Å². The first-order valence-corrected chi connectivity index (χ1v) is 7.87. The molecule has 1 aliphatic heterocycles. The summed E-state index contributed by atoms with van der Waals surface area (Å²) >= 11 is 0. The molecule has 1 aromatic heterocycles. The number of methoxy groups -OCH3 is 1. The molecule has 0 saturated carbocycles.